The number of amides is 1. The molecule has 1 aliphatic rings. The Balaban J connectivity index is 0.00000300. The number of halogens is 2. The van der Waals surface area contributed by atoms with Crippen LogP contribution in [0.4, 0.5) is 5.69 Å². The Morgan fingerprint density at radius 3 is 2.83 bits per heavy atom. The van der Waals surface area contributed by atoms with E-state index in [1.807, 2.05) is 37.3 Å². The van der Waals surface area contributed by atoms with Crippen LogP contribution in [0.1, 0.15) is 30.4 Å². The molecule has 0 saturated carbocycles. The molecule has 0 fully saturated rings. The first-order valence-corrected chi connectivity index (χ1v) is 9.72. The number of guanidine groups is 1. The molecular weight excluding hydrogens is 503 g/mol. The molecule has 0 aromatic heterocycles. The van der Waals surface area contributed by atoms with Gasteiger partial charge in [-0.1, -0.05) is 35.9 Å². The Hall–Kier alpha value is -2.00. The van der Waals surface area contributed by atoms with Gasteiger partial charge in [0.1, 0.15) is 5.75 Å². The van der Waals surface area contributed by atoms with Gasteiger partial charge in [0.25, 0.3) is 0 Å². The average Bonchev–Trinajstić information content (AvgIpc) is 2.70. The lowest BCUT2D eigenvalue weighted by molar-refractivity contribution is -0.116. The number of carbonyl (C=O) groups excluding carboxylic acids is 1. The van der Waals surface area contributed by atoms with Crippen molar-refractivity contribution in [1.29, 1.82) is 0 Å². The van der Waals surface area contributed by atoms with Crippen molar-refractivity contribution in [3.63, 3.8) is 0 Å². The zero-order valence-electron chi connectivity index (χ0n) is 16.5. The van der Waals surface area contributed by atoms with Crippen molar-refractivity contribution < 1.29 is 9.53 Å². The van der Waals surface area contributed by atoms with Crippen LogP contribution in [0.5, 0.6) is 5.75 Å². The molecule has 156 valence electrons. The van der Waals surface area contributed by atoms with Crippen LogP contribution in [-0.2, 0) is 11.3 Å². The summed E-state index contributed by atoms with van der Waals surface area (Å²) >= 11 is 6.02. The molecule has 1 atom stereocenters. The second-order valence-corrected chi connectivity index (χ2v) is 7.01. The van der Waals surface area contributed by atoms with Crippen LogP contribution in [0.3, 0.4) is 0 Å². The summed E-state index contributed by atoms with van der Waals surface area (Å²) in [5.74, 6) is 1.55. The molecule has 8 heteroatoms. The summed E-state index contributed by atoms with van der Waals surface area (Å²) in [5.41, 5.74) is 2.98. The van der Waals surface area contributed by atoms with Gasteiger partial charge in [0, 0.05) is 41.7 Å². The molecule has 6 nitrogen and oxygen atoms in total. The summed E-state index contributed by atoms with van der Waals surface area (Å²) in [6, 6.07) is 13.4. The summed E-state index contributed by atoms with van der Waals surface area (Å²) in [4.78, 5) is 16.7. The lowest BCUT2D eigenvalue weighted by Crippen LogP contribution is -2.40. The lowest BCUT2D eigenvalue weighted by atomic mass is 9.90. The maximum absolute atomic E-state index is 12.0. The molecule has 29 heavy (non-hydrogen) atoms. The van der Waals surface area contributed by atoms with Crippen LogP contribution < -0.4 is 20.7 Å². The van der Waals surface area contributed by atoms with Gasteiger partial charge in [-0.15, -0.1) is 24.0 Å². The van der Waals surface area contributed by atoms with Crippen LogP contribution in [0, 0.1) is 0 Å². The summed E-state index contributed by atoms with van der Waals surface area (Å²) < 4.78 is 5.39. The highest BCUT2D eigenvalue weighted by molar-refractivity contribution is 14.0. The third kappa shape index (κ3) is 6.24. The minimum absolute atomic E-state index is 0. The van der Waals surface area contributed by atoms with Gasteiger partial charge in [-0.2, -0.15) is 0 Å². The number of ether oxygens (including phenoxy) is 1. The molecule has 1 unspecified atom stereocenters. The van der Waals surface area contributed by atoms with E-state index in [-0.39, 0.29) is 35.8 Å². The van der Waals surface area contributed by atoms with Gasteiger partial charge in [-0.05, 0) is 30.7 Å². The molecule has 2 aromatic rings. The van der Waals surface area contributed by atoms with Gasteiger partial charge in [0.05, 0.1) is 13.7 Å². The number of carbonyl (C=O) groups is 1. The van der Waals surface area contributed by atoms with Gasteiger partial charge in [-0.3, -0.25) is 4.79 Å². The van der Waals surface area contributed by atoms with Gasteiger partial charge in [-0.25, -0.2) is 4.99 Å². The predicted octanol–water partition coefficient (Wildman–Crippen LogP) is 4.15. The summed E-state index contributed by atoms with van der Waals surface area (Å²) in [5, 5.41) is 10.2. The van der Waals surface area contributed by atoms with E-state index in [1.54, 1.807) is 13.2 Å². The first-order chi connectivity index (χ1) is 13.6. The topological polar surface area (TPSA) is 74.8 Å². The Morgan fingerprint density at radius 1 is 1.28 bits per heavy atom. The number of rotatable bonds is 6. The molecule has 0 saturated heterocycles. The first kappa shape index (κ1) is 23.3. The van der Waals surface area contributed by atoms with Gasteiger partial charge in [0.2, 0.25) is 5.91 Å². The highest BCUT2D eigenvalue weighted by Gasteiger charge is 2.24. The van der Waals surface area contributed by atoms with Gasteiger partial charge in [0.15, 0.2) is 5.96 Å². The zero-order valence-corrected chi connectivity index (χ0v) is 19.6. The number of benzene rings is 2. The average molecular weight is 529 g/mol. The van der Waals surface area contributed by atoms with Gasteiger partial charge >= 0.3 is 0 Å². The molecule has 0 aliphatic carbocycles. The fourth-order valence-electron chi connectivity index (χ4n) is 3.26. The molecule has 2 aromatic carbocycles. The van der Waals surface area contributed by atoms with E-state index >= 15 is 0 Å². The number of hydrogen-bond donors (Lipinski definition) is 3. The number of nitrogens with one attached hydrogen (secondary N) is 3. The summed E-state index contributed by atoms with van der Waals surface area (Å²) in [6.07, 6.45) is 0.453. The van der Waals surface area contributed by atoms with Crippen molar-refractivity contribution in [2.45, 2.75) is 25.8 Å². The fourth-order valence-corrected chi connectivity index (χ4v) is 3.42. The van der Waals surface area contributed by atoms with Crippen LogP contribution in [0.15, 0.2) is 47.5 Å². The van der Waals surface area contributed by atoms with Crippen molar-refractivity contribution in [2.24, 2.45) is 4.99 Å². The Labute approximate surface area is 193 Å². The number of aliphatic imine (C=N–C) groups is 1. The number of methoxy groups -OCH3 is 1. The molecule has 1 aliphatic heterocycles. The maximum atomic E-state index is 12.0. The first-order valence-electron chi connectivity index (χ1n) is 9.34. The van der Waals surface area contributed by atoms with Crippen molar-refractivity contribution in [3.05, 3.63) is 58.6 Å². The zero-order chi connectivity index (χ0) is 19.9. The monoisotopic (exact) mass is 528 g/mol. The van der Waals surface area contributed by atoms with E-state index < -0.39 is 0 Å². The third-order valence-electron chi connectivity index (χ3n) is 4.62. The highest BCUT2D eigenvalue weighted by Crippen LogP contribution is 2.31. The fraction of sp³-hybridized carbons (Fsp3) is 0.333. The molecule has 0 radical (unpaired) electrons. The minimum atomic E-state index is 0. The Bertz CT molecular complexity index is 876. The molecule has 0 spiro atoms. The van der Waals surface area contributed by atoms with Crippen LogP contribution in [0.25, 0.3) is 0 Å². The second kappa shape index (κ2) is 11.3. The van der Waals surface area contributed by atoms with Crippen LogP contribution in [-0.4, -0.2) is 32.1 Å². The molecule has 1 amide bonds. The van der Waals surface area contributed by atoms with Crippen molar-refractivity contribution >= 4 is 53.1 Å². The van der Waals surface area contributed by atoms with Crippen molar-refractivity contribution in [2.75, 3.05) is 25.5 Å². The third-order valence-corrected chi connectivity index (χ3v) is 4.86. The highest BCUT2D eigenvalue weighted by atomic mass is 127. The smallest absolute Gasteiger partial charge is 0.225 e. The van der Waals surface area contributed by atoms with E-state index in [0.717, 1.165) is 23.4 Å². The maximum Gasteiger partial charge on any atom is 0.225 e. The predicted molar refractivity (Wildman–Crippen MR) is 129 cm³/mol. The standard InChI is InChI=1S/C21H25ClN4O2.HI/c1-3-23-21(24-12-14-8-9-16(22)11-19(14)28-2)25-13-15-10-20(27)26-18-7-5-4-6-17(15)18;/h4-9,11,15H,3,10,12-13H2,1-2H3,(H,26,27)(H2,23,24,25);1H. The van der Waals surface area contributed by atoms with E-state index in [1.165, 1.54) is 0 Å². The summed E-state index contributed by atoms with van der Waals surface area (Å²) in [7, 11) is 1.62. The van der Waals surface area contributed by atoms with Gasteiger partial charge < -0.3 is 20.7 Å². The van der Waals surface area contributed by atoms with Crippen molar-refractivity contribution in [3.8, 4) is 5.75 Å². The number of anilines is 1. The molecule has 3 rings (SSSR count). The Kier molecular flexibility index (Phi) is 9.03. The largest absolute Gasteiger partial charge is 0.496 e. The SMILES string of the molecule is CCNC(=NCc1ccc(Cl)cc1OC)NCC1CC(=O)Nc2ccccc21.I. The van der Waals surface area contributed by atoms with Crippen LogP contribution in [0.2, 0.25) is 5.02 Å². The van der Waals surface area contributed by atoms with E-state index in [4.69, 9.17) is 16.3 Å². The summed E-state index contributed by atoms with van der Waals surface area (Å²) in [6.45, 7) is 3.83. The molecule has 1 heterocycles. The molecule has 3 N–H and O–H groups in total. The van der Waals surface area contributed by atoms with E-state index in [9.17, 15) is 4.79 Å². The van der Waals surface area contributed by atoms with Crippen molar-refractivity contribution in [1.82, 2.24) is 10.6 Å². The van der Waals surface area contributed by atoms with E-state index in [0.29, 0.717) is 36.2 Å². The Morgan fingerprint density at radius 2 is 2.07 bits per heavy atom. The minimum Gasteiger partial charge on any atom is -0.496 e. The second-order valence-electron chi connectivity index (χ2n) is 6.57. The number of fused-ring (bicyclic) bond motifs is 1. The molecular formula is C21H26ClIN4O2. The molecule has 0 bridgehead atoms. The van der Waals surface area contributed by atoms with Crippen LogP contribution >= 0.6 is 35.6 Å². The quantitative estimate of drug-likeness (QED) is 0.299. The number of nitrogens with zero attached hydrogens (tertiary/aromatic N) is 1. The number of para-hydroxylation sites is 1. The number of hydrogen-bond acceptors (Lipinski definition) is 3. The lowest BCUT2D eigenvalue weighted by Gasteiger charge is -2.26. The normalized spacial score (nSPS) is 15.6. The van der Waals surface area contributed by atoms with E-state index in [2.05, 4.69) is 27.0 Å².